The lowest BCUT2D eigenvalue weighted by molar-refractivity contribution is 0.386. The summed E-state index contributed by atoms with van der Waals surface area (Å²) in [5.41, 5.74) is 2.40. The fraction of sp³-hybridized carbons (Fsp3) is 0.250. The Morgan fingerprint density at radius 2 is 1.95 bits per heavy atom. The van der Waals surface area contributed by atoms with E-state index in [1.54, 1.807) is 18.2 Å². The number of aryl methyl sites for hydroxylation is 1. The highest BCUT2D eigenvalue weighted by atomic mass is 19.1. The van der Waals surface area contributed by atoms with Crippen molar-refractivity contribution in [3.8, 4) is 11.5 Å². The van der Waals surface area contributed by atoms with E-state index < -0.39 is 5.82 Å². The van der Waals surface area contributed by atoms with Crippen molar-refractivity contribution in [2.24, 2.45) is 0 Å². The van der Waals surface area contributed by atoms with Gasteiger partial charge in [0.2, 0.25) is 0 Å². The molecule has 1 atom stereocenters. The molecule has 4 heteroatoms. The third-order valence-electron chi connectivity index (χ3n) is 3.19. The molecule has 0 aromatic heterocycles. The van der Waals surface area contributed by atoms with Gasteiger partial charge in [0, 0.05) is 17.3 Å². The highest BCUT2D eigenvalue weighted by Crippen LogP contribution is 2.29. The van der Waals surface area contributed by atoms with Crippen LogP contribution in [0.3, 0.4) is 0 Å². The highest BCUT2D eigenvalue weighted by molar-refractivity contribution is 5.50. The van der Waals surface area contributed by atoms with E-state index in [-0.39, 0.29) is 17.5 Å². The maximum Gasteiger partial charge on any atom is 0.167 e. The summed E-state index contributed by atoms with van der Waals surface area (Å²) < 4.78 is 18.5. The standard InChI is InChI=1S/C16H18FNO2/c1-10-4-6-13(15(19)8-10)11(2)18-12-5-7-16(20-3)14(17)9-12/h4-9,11,18-19H,1-3H3. The molecule has 0 aliphatic rings. The van der Waals surface area contributed by atoms with E-state index in [1.165, 1.54) is 13.2 Å². The van der Waals surface area contributed by atoms with Crippen LogP contribution in [0.1, 0.15) is 24.1 Å². The summed E-state index contributed by atoms with van der Waals surface area (Å²) in [6.07, 6.45) is 0. The average Bonchev–Trinajstić information content (AvgIpc) is 2.38. The van der Waals surface area contributed by atoms with Crippen LogP contribution in [0.15, 0.2) is 36.4 Å². The van der Waals surface area contributed by atoms with E-state index in [0.29, 0.717) is 5.69 Å². The molecule has 0 saturated carbocycles. The van der Waals surface area contributed by atoms with Gasteiger partial charge >= 0.3 is 0 Å². The van der Waals surface area contributed by atoms with Crippen molar-refractivity contribution in [2.75, 3.05) is 12.4 Å². The SMILES string of the molecule is COc1ccc(NC(C)c2ccc(C)cc2O)cc1F. The molecule has 0 aliphatic carbocycles. The van der Waals surface area contributed by atoms with Gasteiger partial charge in [0.15, 0.2) is 11.6 Å². The fourth-order valence-corrected chi connectivity index (χ4v) is 2.10. The molecule has 0 saturated heterocycles. The van der Waals surface area contributed by atoms with Crippen LogP contribution in [0.5, 0.6) is 11.5 Å². The van der Waals surface area contributed by atoms with E-state index in [4.69, 9.17) is 4.74 Å². The summed E-state index contributed by atoms with van der Waals surface area (Å²) in [5, 5.41) is 13.1. The van der Waals surface area contributed by atoms with E-state index in [0.717, 1.165) is 11.1 Å². The van der Waals surface area contributed by atoms with Crippen molar-refractivity contribution in [2.45, 2.75) is 19.9 Å². The van der Waals surface area contributed by atoms with Crippen LogP contribution in [0.2, 0.25) is 0 Å². The van der Waals surface area contributed by atoms with Crippen LogP contribution in [0, 0.1) is 12.7 Å². The molecule has 20 heavy (non-hydrogen) atoms. The molecule has 1 unspecified atom stereocenters. The van der Waals surface area contributed by atoms with E-state index in [9.17, 15) is 9.50 Å². The number of rotatable bonds is 4. The van der Waals surface area contributed by atoms with Gasteiger partial charge in [-0.15, -0.1) is 0 Å². The third kappa shape index (κ3) is 3.02. The zero-order valence-electron chi connectivity index (χ0n) is 11.8. The normalized spacial score (nSPS) is 12.0. The molecule has 2 rings (SSSR count). The quantitative estimate of drug-likeness (QED) is 0.885. The zero-order valence-corrected chi connectivity index (χ0v) is 11.8. The predicted molar refractivity (Wildman–Crippen MR) is 77.8 cm³/mol. The van der Waals surface area contributed by atoms with E-state index >= 15 is 0 Å². The fourth-order valence-electron chi connectivity index (χ4n) is 2.10. The lowest BCUT2D eigenvalue weighted by Crippen LogP contribution is -2.07. The molecule has 0 amide bonds. The minimum Gasteiger partial charge on any atom is -0.508 e. The number of anilines is 1. The van der Waals surface area contributed by atoms with Crippen LogP contribution in [0.4, 0.5) is 10.1 Å². The summed E-state index contributed by atoms with van der Waals surface area (Å²) in [4.78, 5) is 0. The van der Waals surface area contributed by atoms with Crippen LogP contribution in [0.25, 0.3) is 0 Å². The number of aromatic hydroxyl groups is 1. The average molecular weight is 275 g/mol. The van der Waals surface area contributed by atoms with Crippen molar-refractivity contribution in [1.82, 2.24) is 0 Å². The Kier molecular flexibility index (Phi) is 4.13. The topological polar surface area (TPSA) is 41.5 Å². The third-order valence-corrected chi connectivity index (χ3v) is 3.19. The Morgan fingerprint density at radius 1 is 1.20 bits per heavy atom. The lowest BCUT2D eigenvalue weighted by atomic mass is 10.0. The van der Waals surface area contributed by atoms with Crippen molar-refractivity contribution in [3.63, 3.8) is 0 Å². The molecular formula is C16H18FNO2. The molecule has 0 heterocycles. The molecule has 0 aliphatic heterocycles. The Morgan fingerprint density at radius 3 is 2.55 bits per heavy atom. The molecule has 0 spiro atoms. The molecule has 106 valence electrons. The molecule has 3 nitrogen and oxygen atoms in total. The number of halogens is 1. The van der Waals surface area contributed by atoms with Crippen molar-refractivity contribution in [3.05, 3.63) is 53.3 Å². The van der Waals surface area contributed by atoms with E-state index in [1.807, 2.05) is 26.0 Å². The maximum absolute atomic E-state index is 13.6. The highest BCUT2D eigenvalue weighted by Gasteiger charge is 2.11. The van der Waals surface area contributed by atoms with Gasteiger partial charge in [0.1, 0.15) is 5.75 Å². The molecule has 0 bridgehead atoms. The smallest absolute Gasteiger partial charge is 0.167 e. The minimum atomic E-state index is -0.419. The monoisotopic (exact) mass is 275 g/mol. The number of methoxy groups -OCH3 is 1. The number of ether oxygens (including phenoxy) is 1. The summed E-state index contributed by atoms with van der Waals surface area (Å²) in [7, 11) is 1.43. The molecule has 2 N–H and O–H groups in total. The van der Waals surface area contributed by atoms with Gasteiger partial charge in [-0.1, -0.05) is 12.1 Å². The summed E-state index contributed by atoms with van der Waals surface area (Å²) >= 11 is 0. The van der Waals surface area contributed by atoms with Gasteiger partial charge in [0.25, 0.3) is 0 Å². The zero-order chi connectivity index (χ0) is 14.7. The first kappa shape index (κ1) is 14.2. The minimum absolute atomic E-state index is 0.136. The number of nitrogens with one attached hydrogen (secondary N) is 1. The van der Waals surface area contributed by atoms with Crippen LogP contribution >= 0.6 is 0 Å². The molecule has 0 fully saturated rings. The second-order valence-electron chi connectivity index (χ2n) is 4.78. The lowest BCUT2D eigenvalue weighted by Gasteiger charge is -2.17. The van der Waals surface area contributed by atoms with Gasteiger partial charge in [-0.3, -0.25) is 0 Å². The van der Waals surface area contributed by atoms with Crippen molar-refractivity contribution >= 4 is 5.69 Å². The second kappa shape index (κ2) is 5.82. The van der Waals surface area contributed by atoms with Crippen LogP contribution in [-0.2, 0) is 0 Å². The van der Waals surface area contributed by atoms with Crippen molar-refractivity contribution < 1.29 is 14.2 Å². The van der Waals surface area contributed by atoms with Gasteiger partial charge in [-0.05, 0) is 37.6 Å². The summed E-state index contributed by atoms with van der Waals surface area (Å²) in [5.74, 6) is 0.0261. The number of phenols is 1. The first-order valence-corrected chi connectivity index (χ1v) is 6.41. The van der Waals surface area contributed by atoms with Crippen LogP contribution < -0.4 is 10.1 Å². The number of benzene rings is 2. The predicted octanol–water partition coefficient (Wildman–Crippen LogP) is 4.02. The Balaban J connectivity index is 2.18. The van der Waals surface area contributed by atoms with Crippen molar-refractivity contribution in [1.29, 1.82) is 0 Å². The maximum atomic E-state index is 13.6. The number of phenolic OH excluding ortho intramolecular Hbond substituents is 1. The van der Waals surface area contributed by atoms with E-state index in [2.05, 4.69) is 5.32 Å². The summed E-state index contributed by atoms with van der Waals surface area (Å²) in [6.45, 7) is 3.83. The first-order chi connectivity index (χ1) is 9.51. The van der Waals surface area contributed by atoms with Gasteiger partial charge in [0.05, 0.1) is 13.2 Å². The Bertz CT molecular complexity index is 613. The Hall–Kier alpha value is -2.23. The number of hydrogen-bond donors (Lipinski definition) is 2. The largest absolute Gasteiger partial charge is 0.508 e. The van der Waals surface area contributed by atoms with Crippen LogP contribution in [-0.4, -0.2) is 12.2 Å². The molecule has 2 aromatic rings. The van der Waals surface area contributed by atoms with Gasteiger partial charge < -0.3 is 15.2 Å². The molecular weight excluding hydrogens is 257 g/mol. The molecule has 0 radical (unpaired) electrons. The summed E-state index contributed by atoms with van der Waals surface area (Å²) in [6, 6.07) is 10.1. The van der Waals surface area contributed by atoms with Gasteiger partial charge in [-0.25, -0.2) is 4.39 Å². The molecule has 2 aromatic carbocycles. The Labute approximate surface area is 118 Å². The second-order valence-corrected chi connectivity index (χ2v) is 4.78. The number of hydrogen-bond acceptors (Lipinski definition) is 3. The first-order valence-electron chi connectivity index (χ1n) is 6.41. The van der Waals surface area contributed by atoms with Gasteiger partial charge in [-0.2, -0.15) is 0 Å².